The standard InChI is InChI=1S/C7H13BrO2/c1-5(2)7(8)3-6(10)4-9/h6,9-10H,3-4H2,1-2H3. The fourth-order valence-electron chi connectivity index (χ4n) is 0.476. The van der Waals surface area contributed by atoms with E-state index < -0.39 is 6.10 Å². The smallest absolute Gasteiger partial charge is 0.0816 e. The number of hydrogen-bond acceptors (Lipinski definition) is 2. The Kier molecular flexibility index (Phi) is 4.95. The highest BCUT2D eigenvalue weighted by atomic mass is 79.9. The Morgan fingerprint density at radius 1 is 1.50 bits per heavy atom. The summed E-state index contributed by atoms with van der Waals surface area (Å²) in [4.78, 5) is 0. The average molecular weight is 209 g/mol. The first-order chi connectivity index (χ1) is 4.57. The topological polar surface area (TPSA) is 40.5 Å². The molecule has 0 amide bonds. The molecular formula is C7H13BrO2. The summed E-state index contributed by atoms with van der Waals surface area (Å²) in [6.45, 7) is 3.73. The van der Waals surface area contributed by atoms with Crippen molar-refractivity contribution in [3.05, 3.63) is 10.1 Å². The molecule has 0 saturated heterocycles. The normalized spacial score (nSPS) is 12.9. The lowest BCUT2D eigenvalue weighted by Crippen LogP contribution is -2.11. The maximum atomic E-state index is 8.96. The van der Waals surface area contributed by atoms with Gasteiger partial charge in [-0.1, -0.05) is 21.5 Å². The molecule has 0 bridgehead atoms. The molecule has 0 aromatic rings. The molecule has 2 N–H and O–H groups in total. The Morgan fingerprint density at radius 2 is 2.00 bits per heavy atom. The number of halogens is 1. The number of hydrogen-bond donors (Lipinski definition) is 2. The van der Waals surface area contributed by atoms with Gasteiger partial charge in [-0.25, -0.2) is 0 Å². The molecule has 3 heteroatoms. The van der Waals surface area contributed by atoms with Gasteiger partial charge in [0.05, 0.1) is 12.7 Å². The van der Waals surface area contributed by atoms with E-state index in [1.807, 2.05) is 13.8 Å². The van der Waals surface area contributed by atoms with Crippen molar-refractivity contribution in [1.29, 1.82) is 0 Å². The first-order valence-corrected chi connectivity index (χ1v) is 3.98. The van der Waals surface area contributed by atoms with Gasteiger partial charge in [0.15, 0.2) is 0 Å². The SMILES string of the molecule is CC(C)=C(Br)CC(O)CO. The maximum Gasteiger partial charge on any atom is 0.0816 e. The first-order valence-electron chi connectivity index (χ1n) is 3.18. The zero-order chi connectivity index (χ0) is 8.15. The molecule has 0 spiro atoms. The van der Waals surface area contributed by atoms with Crippen molar-refractivity contribution in [1.82, 2.24) is 0 Å². The molecule has 0 aliphatic carbocycles. The molecule has 0 saturated carbocycles. The van der Waals surface area contributed by atoms with Gasteiger partial charge in [0.2, 0.25) is 0 Å². The summed E-state index contributed by atoms with van der Waals surface area (Å²) in [6.07, 6.45) is -0.136. The van der Waals surface area contributed by atoms with Crippen molar-refractivity contribution in [2.45, 2.75) is 26.4 Å². The number of aliphatic hydroxyl groups excluding tert-OH is 2. The number of allylic oxidation sites excluding steroid dienone is 1. The van der Waals surface area contributed by atoms with Gasteiger partial charge in [0.1, 0.15) is 0 Å². The van der Waals surface area contributed by atoms with Gasteiger partial charge in [-0.15, -0.1) is 0 Å². The van der Waals surface area contributed by atoms with Crippen LogP contribution in [0.3, 0.4) is 0 Å². The highest BCUT2D eigenvalue weighted by Gasteiger charge is 2.04. The molecule has 0 fully saturated rings. The largest absolute Gasteiger partial charge is 0.394 e. The van der Waals surface area contributed by atoms with Crippen LogP contribution in [0, 0.1) is 0 Å². The van der Waals surface area contributed by atoms with Crippen LogP contribution >= 0.6 is 15.9 Å². The van der Waals surface area contributed by atoms with Crippen molar-refractivity contribution in [3.63, 3.8) is 0 Å². The fourth-order valence-corrected chi connectivity index (χ4v) is 0.849. The summed E-state index contributed by atoms with van der Waals surface area (Å²) < 4.78 is 0.967. The molecular weight excluding hydrogens is 196 g/mol. The van der Waals surface area contributed by atoms with Crippen molar-refractivity contribution in [3.8, 4) is 0 Å². The van der Waals surface area contributed by atoms with Crippen LogP contribution in [0.2, 0.25) is 0 Å². The van der Waals surface area contributed by atoms with E-state index in [0.29, 0.717) is 6.42 Å². The average Bonchev–Trinajstić information content (AvgIpc) is 1.87. The predicted octanol–water partition coefficient (Wildman–Crippen LogP) is 1.42. The summed E-state index contributed by atoms with van der Waals surface area (Å²) in [5.41, 5.74) is 1.13. The third-order valence-corrected chi connectivity index (χ3v) is 2.28. The van der Waals surface area contributed by atoms with Crippen molar-refractivity contribution < 1.29 is 10.2 Å². The highest BCUT2D eigenvalue weighted by Crippen LogP contribution is 2.17. The summed E-state index contributed by atoms with van der Waals surface area (Å²) >= 11 is 3.29. The van der Waals surface area contributed by atoms with Crippen LogP contribution in [0.25, 0.3) is 0 Å². The van der Waals surface area contributed by atoms with E-state index in [1.165, 1.54) is 0 Å². The second kappa shape index (κ2) is 4.88. The van der Waals surface area contributed by atoms with Gasteiger partial charge < -0.3 is 10.2 Å². The van der Waals surface area contributed by atoms with E-state index in [1.54, 1.807) is 0 Å². The highest BCUT2D eigenvalue weighted by molar-refractivity contribution is 9.11. The van der Waals surface area contributed by atoms with Gasteiger partial charge in [-0.05, 0) is 18.3 Å². The van der Waals surface area contributed by atoms with Gasteiger partial charge in [0.25, 0.3) is 0 Å². The first kappa shape index (κ1) is 10.1. The molecule has 1 unspecified atom stereocenters. The van der Waals surface area contributed by atoms with Crippen molar-refractivity contribution in [2.24, 2.45) is 0 Å². The van der Waals surface area contributed by atoms with Crippen LogP contribution in [0.4, 0.5) is 0 Å². The molecule has 2 nitrogen and oxygen atoms in total. The quantitative estimate of drug-likeness (QED) is 0.737. The lowest BCUT2D eigenvalue weighted by molar-refractivity contribution is 0.0969. The van der Waals surface area contributed by atoms with Crippen LogP contribution in [-0.4, -0.2) is 22.9 Å². The minimum atomic E-state index is -0.635. The van der Waals surface area contributed by atoms with Gasteiger partial charge in [0, 0.05) is 6.42 Å². The Hall–Kier alpha value is 0.140. The molecule has 10 heavy (non-hydrogen) atoms. The van der Waals surface area contributed by atoms with Crippen LogP contribution in [-0.2, 0) is 0 Å². The summed E-state index contributed by atoms with van der Waals surface area (Å²) in [5.74, 6) is 0. The maximum absolute atomic E-state index is 8.96. The van der Waals surface area contributed by atoms with Crippen LogP contribution < -0.4 is 0 Å². The molecule has 0 aromatic heterocycles. The fraction of sp³-hybridized carbons (Fsp3) is 0.714. The van der Waals surface area contributed by atoms with Crippen molar-refractivity contribution in [2.75, 3.05) is 6.61 Å². The van der Waals surface area contributed by atoms with Crippen LogP contribution in [0.5, 0.6) is 0 Å². The molecule has 0 aromatic carbocycles. The molecule has 0 radical (unpaired) electrons. The van der Waals surface area contributed by atoms with Crippen molar-refractivity contribution >= 4 is 15.9 Å². The third kappa shape index (κ3) is 4.04. The number of aliphatic hydroxyl groups is 2. The van der Waals surface area contributed by atoms with Gasteiger partial charge >= 0.3 is 0 Å². The van der Waals surface area contributed by atoms with E-state index in [-0.39, 0.29) is 6.61 Å². The Bertz CT molecular complexity index is 128. The summed E-state index contributed by atoms with van der Waals surface area (Å²) in [7, 11) is 0. The van der Waals surface area contributed by atoms with E-state index in [4.69, 9.17) is 10.2 Å². The summed E-state index contributed by atoms with van der Waals surface area (Å²) in [6, 6.07) is 0. The van der Waals surface area contributed by atoms with E-state index >= 15 is 0 Å². The Balaban J connectivity index is 3.79. The third-order valence-electron chi connectivity index (χ3n) is 1.17. The van der Waals surface area contributed by atoms with E-state index in [2.05, 4.69) is 15.9 Å². The molecule has 1 atom stereocenters. The molecule has 0 rings (SSSR count). The number of rotatable bonds is 3. The zero-order valence-corrected chi connectivity index (χ0v) is 7.85. The van der Waals surface area contributed by atoms with Gasteiger partial charge in [-0.2, -0.15) is 0 Å². The minimum absolute atomic E-state index is 0.178. The monoisotopic (exact) mass is 208 g/mol. The minimum Gasteiger partial charge on any atom is -0.394 e. The Morgan fingerprint density at radius 3 is 2.30 bits per heavy atom. The van der Waals surface area contributed by atoms with E-state index in [0.717, 1.165) is 10.1 Å². The van der Waals surface area contributed by atoms with Crippen LogP contribution in [0.1, 0.15) is 20.3 Å². The lowest BCUT2D eigenvalue weighted by Gasteiger charge is -2.06. The molecule has 60 valence electrons. The second-order valence-electron chi connectivity index (χ2n) is 2.45. The molecule has 0 aliphatic rings. The lowest BCUT2D eigenvalue weighted by atomic mass is 10.2. The summed E-state index contributed by atoms with van der Waals surface area (Å²) in [5, 5.41) is 17.4. The zero-order valence-electron chi connectivity index (χ0n) is 6.26. The van der Waals surface area contributed by atoms with Gasteiger partial charge in [-0.3, -0.25) is 0 Å². The predicted molar refractivity (Wildman–Crippen MR) is 45.0 cm³/mol. The molecule has 0 heterocycles. The second-order valence-corrected chi connectivity index (χ2v) is 3.40. The van der Waals surface area contributed by atoms with Crippen LogP contribution in [0.15, 0.2) is 10.1 Å². The molecule has 0 aliphatic heterocycles. The van der Waals surface area contributed by atoms with E-state index in [9.17, 15) is 0 Å². The Labute approximate surface area is 69.7 Å².